The summed E-state index contributed by atoms with van der Waals surface area (Å²) in [5, 5.41) is 3.34. The van der Waals surface area contributed by atoms with Gasteiger partial charge in [-0.2, -0.15) is 0 Å². The molecule has 1 aromatic carbocycles. The summed E-state index contributed by atoms with van der Waals surface area (Å²) in [7, 11) is 1.43. The Morgan fingerprint density at radius 1 is 1.35 bits per heavy atom. The van der Waals surface area contributed by atoms with Crippen molar-refractivity contribution in [2.45, 2.75) is 32.7 Å². The molecule has 3 heteroatoms. The topological polar surface area (TPSA) is 38.3 Å². The minimum Gasteiger partial charge on any atom is -0.469 e. The molecule has 0 saturated carbocycles. The smallest absolute Gasteiger partial charge is 0.307 e. The molecule has 0 heterocycles. The van der Waals surface area contributed by atoms with Crippen LogP contribution in [0.1, 0.15) is 37.4 Å². The van der Waals surface area contributed by atoms with E-state index in [9.17, 15) is 4.79 Å². The van der Waals surface area contributed by atoms with Gasteiger partial charge in [-0.1, -0.05) is 38.1 Å². The van der Waals surface area contributed by atoms with Crippen LogP contribution in [0.25, 0.3) is 0 Å². The van der Waals surface area contributed by atoms with Crippen molar-refractivity contribution in [3.05, 3.63) is 35.4 Å². The van der Waals surface area contributed by atoms with E-state index in [0.717, 1.165) is 13.0 Å². The Bertz CT molecular complexity index is 363. The Morgan fingerprint density at radius 3 is 2.65 bits per heavy atom. The number of esters is 1. The highest BCUT2D eigenvalue weighted by Crippen LogP contribution is 2.21. The number of carbonyl (C=O) groups is 1. The number of ether oxygens (including phenoxy) is 1. The average Bonchev–Trinajstić information content (AvgIpc) is 2.38. The molecule has 0 aliphatic heterocycles. The lowest BCUT2D eigenvalue weighted by molar-refractivity contribution is -0.141. The van der Waals surface area contributed by atoms with E-state index >= 15 is 0 Å². The first kappa shape index (κ1) is 13.7. The molecule has 1 aromatic rings. The molecule has 0 radical (unpaired) electrons. The minimum atomic E-state index is -0.179. The molecule has 0 amide bonds. The average molecular weight is 235 g/mol. The molecule has 0 spiro atoms. The van der Waals surface area contributed by atoms with Crippen LogP contribution in [0.3, 0.4) is 0 Å². The molecule has 1 unspecified atom stereocenters. The van der Waals surface area contributed by atoms with Crippen LogP contribution in [0.5, 0.6) is 0 Å². The van der Waals surface area contributed by atoms with Gasteiger partial charge in [0, 0.05) is 6.04 Å². The van der Waals surface area contributed by atoms with Crippen LogP contribution >= 0.6 is 0 Å². The summed E-state index contributed by atoms with van der Waals surface area (Å²) in [5.41, 5.74) is 2.48. The maximum Gasteiger partial charge on any atom is 0.307 e. The van der Waals surface area contributed by atoms with Gasteiger partial charge in [-0.05, 0) is 24.1 Å². The molecular formula is C14H21NO2. The van der Waals surface area contributed by atoms with Crippen LogP contribution in [0.15, 0.2) is 24.3 Å². The first-order valence-electron chi connectivity index (χ1n) is 6.10. The van der Waals surface area contributed by atoms with E-state index < -0.39 is 0 Å². The molecule has 1 atom stereocenters. The van der Waals surface area contributed by atoms with Crippen molar-refractivity contribution in [2.75, 3.05) is 13.7 Å². The second-order valence-corrected chi connectivity index (χ2v) is 3.94. The first-order chi connectivity index (χ1) is 8.22. The zero-order chi connectivity index (χ0) is 12.7. The molecular weight excluding hydrogens is 214 g/mol. The van der Waals surface area contributed by atoms with Crippen molar-refractivity contribution in [1.82, 2.24) is 5.32 Å². The number of methoxy groups -OCH3 is 1. The van der Waals surface area contributed by atoms with Crippen molar-refractivity contribution < 1.29 is 9.53 Å². The van der Waals surface area contributed by atoms with Gasteiger partial charge in [-0.3, -0.25) is 4.79 Å². The largest absolute Gasteiger partial charge is 0.469 e. The summed E-state index contributed by atoms with van der Waals surface area (Å²) in [6.45, 7) is 5.00. The molecule has 0 aliphatic carbocycles. The highest BCUT2D eigenvalue weighted by molar-refractivity contribution is 5.70. The fraction of sp³-hybridized carbons (Fsp3) is 0.500. The number of hydrogen-bond donors (Lipinski definition) is 1. The first-order valence-corrected chi connectivity index (χ1v) is 6.10. The molecule has 94 valence electrons. The number of carbonyl (C=O) groups excluding carboxylic acids is 1. The lowest BCUT2D eigenvalue weighted by atomic mass is 9.96. The molecule has 1 N–H and O–H groups in total. The van der Waals surface area contributed by atoms with Crippen molar-refractivity contribution in [2.24, 2.45) is 0 Å². The van der Waals surface area contributed by atoms with Gasteiger partial charge < -0.3 is 10.1 Å². The minimum absolute atomic E-state index is 0.0450. The molecule has 0 aromatic heterocycles. The molecule has 3 nitrogen and oxygen atoms in total. The van der Waals surface area contributed by atoms with Crippen molar-refractivity contribution in [3.8, 4) is 0 Å². The van der Waals surface area contributed by atoms with Gasteiger partial charge in [0.15, 0.2) is 0 Å². The van der Waals surface area contributed by atoms with Gasteiger partial charge in [0.25, 0.3) is 0 Å². The van der Waals surface area contributed by atoms with Crippen LogP contribution in [-0.2, 0) is 16.0 Å². The summed E-state index contributed by atoms with van der Waals surface area (Å²) < 4.78 is 4.74. The SMILES string of the molecule is CCNC(CC(=O)OC)c1ccccc1CC. The van der Waals surface area contributed by atoms with E-state index in [4.69, 9.17) is 4.74 Å². The monoisotopic (exact) mass is 235 g/mol. The van der Waals surface area contributed by atoms with E-state index in [-0.39, 0.29) is 12.0 Å². The quantitative estimate of drug-likeness (QED) is 0.770. The number of benzene rings is 1. The lowest BCUT2D eigenvalue weighted by Gasteiger charge is -2.20. The van der Waals surface area contributed by atoms with Crippen molar-refractivity contribution >= 4 is 5.97 Å². The Morgan fingerprint density at radius 2 is 2.06 bits per heavy atom. The van der Waals surface area contributed by atoms with E-state index in [0.29, 0.717) is 6.42 Å². The van der Waals surface area contributed by atoms with Crippen molar-refractivity contribution in [3.63, 3.8) is 0 Å². The van der Waals surface area contributed by atoms with Crippen LogP contribution in [0.2, 0.25) is 0 Å². The van der Waals surface area contributed by atoms with Gasteiger partial charge in [-0.15, -0.1) is 0 Å². The maximum atomic E-state index is 11.4. The third-order valence-corrected chi connectivity index (χ3v) is 2.86. The van der Waals surface area contributed by atoms with Crippen LogP contribution in [0, 0.1) is 0 Å². The Hall–Kier alpha value is -1.35. The number of aryl methyl sites for hydroxylation is 1. The van der Waals surface area contributed by atoms with Crippen LogP contribution < -0.4 is 5.32 Å². The third kappa shape index (κ3) is 3.86. The second-order valence-electron chi connectivity index (χ2n) is 3.94. The zero-order valence-corrected chi connectivity index (χ0v) is 10.8. The second kappa shape index (κ2) is 7.07. The summed E-state index contributed by atoms with van der Waals surface area (Å²) in [6.07, 6.45) is 1.35. The Kier molecular flexibility index (Phi) is 5.70. The molecule has 0 fully saturated rings. The normalized spacial score (nSPS) is 12.2. The predicted molar refractivity (Wildman–Crippen MR) is 68.9 cm³/mol. The standard InChI is InChI=1S/C14H21NO2/c1-4-11-8-6-7-9-12(11)13(15-5-2)10-14(16)17-3/h6-9,13,15H,4-5,10H2,1-3H3. The van der Waals surface area contributed by atoms with Crippen LogP contribution in [-0.4, -0.2) is 19.6 Å². The zero-order valence-electron chi connectivity index (χ0n) is 10.8. The third-order valence-electron chi connectivity index (χ3n) is 2.86. The number of hydrogen-bond acceptors (Lipinski definition) is 3. The van der Waals surface area contributed by atoms with Crippen LogP contribution in [0.4, 0.5) is 0 Å². The lowest BCUT2D eigenvalue weighted by Crippen LogP contribution is -2.25. The Labute approximate surface area is 103 Å². The van der Waals surface area contributed by atoms with E-state index in [1.165, 1.54) is 18.2 Å². The Balaban J connectivity index is 2.91. The fourth-order valence-corrected chi connectivity index (χ4v) is 1.98. The maximum absolute atomic E-state index is 11.4. The van der Waals surface area contributed by atoms with Gasteiger partial charge in [0.2, 0.25) is 0 Å². The summed E-state index contributed by atoms with van der Waals surface area (Å²) in [4.78, 5) is 11.4. The van der Waals surface area contributed by atoms with Gasteiger partial charge >= 0.3 is 5.97 Å². The summed E-state index contributed by atoms with van der Waals surface area (Å²) in [6, 6.07) is 8.27. The molecule has 0 aliphatic rings. The van der Waals surface area contributed by atoms with E-state index in [1.54, 1.807) is 0 Å². The number of rotatable bonds is 6. The van der Waals surface area contributed by atoms with Gasteiger partial charge in [0.05, 0.1) is 13.5 Å². The predicted octanol–water partition coefficient (Wildman–Crippen LogP) is 2.46. The van der Waals surface area contributed by atoms with Gasteiger partial charge in [-0.25, -0.2) is 0 Å². The molecule has 17 heavy (non-hydrogen) atoms. The highest BCUT2D eigenvalue weighted by atomic mass is 16.5. The molecule has 0 bridgehead atoms. The summed E-state index contributed by atoms with van der Waals surface area (Å²) >= 11 is 0. The molecule has 0 saturated heterocycles. The van der Waals surface area contributed by atoms with E-state index in [1.807, 2.05) is 19.1 Å². The highest BCUT2D eigenvalue weighted by Gasteiger charge is 2.17. The fourth-order valence-electron chi connectivity index (χ4n) is 1.98. The van der Waals surface area contributed by atoms with Gasteiger partial charge in [0.1, 0.15) is 0 Å². The summed E-state index contributed by atoms with van der Waals surface area (Å²) in [5.74, 6) is -0.179. The molecule has 1 rings (SSSR count). The van der Waals surface area contributed by atoms with Crippen molar-refractivity contribution in [1.29, 1.82) is 0 Å². The van der Waals surface area contributed by atoms with E-state index in [2.05, 4.69) is 24.4 Å². The number of nitrogens with one attached hydrogen (secondary N) is 1.